The van der Waals surface area contributed by atoms with E-state index in [1.807, 2.05) is 0 Å². The van der Waals surface area contributed by atoms with Crippen LogP contribution in [-0.2, 0) is 0 Å². The maximum Gasteiger partial charge on any atom is 0.335 e. The quantitative estimate of drug-likeness (QED) is 0.373. The molecule has 2 aromatic carbocycles. The summed E-state index contributed by atoms with van der Waals surface area (Å²) in [5.74, 6) is -2.03. The average Bonchev–Trinajstić information content (AvgIpc) is 2.58. The summed E-state index contributed by atoms with van der Waals surface area (Å²) in [6, 6.07) is 11.9. The van der Waals surface area contributed by atoms with E-state index in [-0.39, 0.29) is 16.2 Å². The van der Waals surface area contributed by atoms with Crippen molar-refractivity contribution < 1.29 is 19.8 Å². The Hall–Kier alpha value is -3.33. The molecule has 0 spiro atoms. The highest BCUT2D eigenvalue weighted by atomic mass is 32.1. The number of nitrogens with one attached hydrogen (secondary N) is 2. The largest absolute Gasteiger partial charge is 0.478 e. The topological polar surface area (TPSA) is 123 Å². The highest BCUT2D eigenvalue weighted by Gasteiger charge is 2.02. The summed E-state index contributed by atoms with van der Waals surface area (Å²) in [6.07, 6.45) is 0. The Labute approximate surface area is 141 Å². The number of rotatable bonds is 5. The van der Waals surface area contributed by atoms with Crippen molar-refractivity contribution in [2.75, 3.05) is 5.43 Å². The summed E-state index contributed by atoms with van der Waals surface area (Å²) in [7, 11) is 0. The number of hydrogen-bond acceptors (Lipinski definition) is 5. The molecule has 2 aromatic rings. The number of anilines is 1. The summed E-state index contributed by atoms with van der Waals surface area (Å²) in [4.78, 5) is 21.5. The first kappa shape index (κ1) is 17.0. The van der Waals surface area contributed by atoms with E-state index in [1.54, 1.807) is 12.1 Å². The van der Waals surface area contributed by atoms with Crippen molar-refractivity contribution in [1.29, 1.82) is 0 Å². The van der Waals surface area contributed by atoms with E-state index < -0.39 is 11.9 Å². The second-order valence-electron chi connectivity index (χ2n) is 4.49. The molecular formula is C15H12N4O4S. The molecule has 4 N–H and O–H groups in total. The molecule has 0 unspecified atom stereocenters. The highest BCUT2D eigenvalue weighted by Crippen LogP contribution is 2.13. The molecule has 24 heavy (non-hydrogen) atoms. The summed E-state index contributed by atoms with van der Waals surface area (Å²) in [5, 5.41) is 25.3. The number of hydrogen-bond donors (Lipinski definition) is 4. The van der Waals surface area contributed by atoms with Crippen molar-refractivity contribution in [2.45, 2.75) is 0 Å². The highest BCUT2D eigenvalue weighted by molar-refractivity contribution is 7.80. The zero-order valence-corrected chi connectivity index (χ0v) is 12.9. The smallest absolute Gasteiger partial charge is 0.335 e. The minimum Gasteiger partial charge on any atom is -0.478 e. The van der Waals surface area contributed by atoms with Crippen LogP contribution in [0.3, 0.4) is 0 Å². The molecule has 0 amide bonds. The molecule has 0 atom stereocenters. The third-order valence-electron chi connectivity index (χ3n) is 2.82. The second kappa shape index (κ2) is 7.79. The number of carboxylic acid groups (broad SMARTS) is 2. The third-order valence-corrected chi connectivity index (χ3v) is 3.00. The Bertz CT molecular complexity index is 788. The minimum atomic E-state index is -1.02. The van der Waals surface area contributed by atoms with Crippen LogP contribution in [0.15, 0.2) is 58.8 Å². The van der Waals surface area contributed by atoms with Crippen molar-refractivity contribution in [3.63, 3.8) is 0 Å². The van der Waals surface area contributed by atoms with Crippen LogP contribution < -0.4 is 10.9 Å². The number of carboxylic acids is 2. The zero-order valence-electron chi connectivity index (χ0n) is 12.1. The molecular weight excluding hydrogens is 332 g/mol. The average molecular weight is 344 g/mol. The standard InChI is InChI=1S/C15H12N4O4S/c20-13(21)9-1-5-11(6-2-9)16-18-15(24)19-17-12-7-3-10(4-8-12)14(22)23/h1-8,16H,(H,18,24)(H,20,21)(H,22,23). The van der Waals surface area contributed by atoms with Crippen LogP contribution in [0.2, 0.25) is 0 Å². The van der Waals surface area contributed by atoms with Gasteiger partial charge in [-0.3, -0.25) is 10.9 Å². The van der Waals surface area contributed by atoms with Gasteiger partial charge in [0.2, 0.25) is 5.11 Å². The summed E-state index contributed by atoms with van der Waals surface area (Å²) < 4.78 is 0. The molecule has 0 saturated heterocycles. The SMILES string of the molecule is O=C(O)c1ccc(N=NC(=S)NNc2ccc(C(=O)O)cc2)cc1. The number of benzene rings is 2. The Morgan fingerprint density at radius 1 is 0.875 bits per heavy atom. The molecule has 0 bridgehead atoms. The molecule has 0 aliphatic rings. The van der Waals surface area contributed by atoms with E-state index in [1.165, 1.54) is 36.4 Å². The first-order chi connectivity index (χ1) is 11.5. The Kier molecular flexibility index (Phi) is 5.53. The van der Waals surface area contributed by atoms with Gasteiger partial charge in [0, 0.05) is 0 Å². The molecule has 2 rings (SSSR count). The van der Waals surface area contributed by atoms with E-state index in [2.05, 4.69) is 21.1 Å². The van der Waals surface area contributed by atoms with Crippen molar-refractivity contribution in [3.8, 4) is 0 Å². The van der Waals surface area contributed by atoms with Crippen LogP contribution in [0.25, 0.3) is 0 Å². The van der Waals surface area contributed by atoms with Gasteiger partial charge >= 0.3 is 11.9 Å². The van der Waals surface area contributed by atoms with Crippen LogP contribution >= 0.6 is 12.2 Å². The summed E-state index contributed by atoms with van der Waals surface area (Å²) in [6.45, 7) is 0. The predicted molar refractivity (Wildman–Crippen MR) is 90.7 cm³/mol. The fourth-order valence-corrected chi connectivity index (χ4v) is 1.71. The lowest BCUT2D eigenvalue weighted by molar-refractivity contribution is 0.0686. The van der Waals surface area contributed by atoms with E-state index >= 15 is 0 Å². The number of azo groups is 1. The zero-order chi connectivity index (χ0) is 17.5. The normalized spacial score (nSPS) is 10.3. The lowest BCUT2D eigenvalue weighted by Gasteiger charge is -2.07. The van der Waals surface area contributed by atoms with E-state index in [4.69, 9.17) is 22.4 Å². The van der Waals surface area contributed by atoms with Gasteiger partial charge in [0.05, 0.1) is 22.5 Å². The predicted octanol–water partition coefficient (Wildman–Crippen LogP) is 3.07. The molecule has 0 aliphatic heterocycles. The van der Waals surface area contributed by atoms with Crippen LogP contribution in [-0.4, -0.2) is 27.3 Å². The van der Waals surface area contributed by atoms with Gasteiger partial charge in [-0.25, -0.2) is 9.59 Å². The Balaban J connectivity index is 1.88. The Morgan fingerprint density at radius 3 is 1.88 bits per heavy atom. The first-order valence-electron chi connectivity index (χ1n) is 6.60. The molecule has 0 heterocycles. The van der Waals surface area contributed by atoms with Gasteiger partial charge in [-0.1, -0.05) is 0 Å². The molecule has 8 nitrogen and oxygen atoms in total. The summed E-state index contributed by atoms with van der Waals surface area (Å²) in [5.41, 5.74) is 6.76. The van der Waals surface area contributed by atoms with Crippen molar-refractivity contribution in [1.82, 2.24) is 5.43 Å². The molecule has 0 aliphatic carbocycles. The van der Waals surface area contributed by atoms with Crippen molar-refractivity contribution in [2.24, 2.45) is 10.2 Å². The van der Waals surface area contributed by atoms with Crippen LogP contribution in [0.4, 0.5) is 11.4 Å². The van der Waals surface area contributed by atoms with Gasteiger partial charge in [0.1, 0.15) is 0 Å². The van der Waals surface area contributed by atoms with Gasteiger partial charge in [-0.15, -0.1) is 10.2 Å². The van der Waals surface area contributed by atoms with Crippen molar-refractivity contribution in [3.05, 3.63) is 59.7 Å². The van der Waals surface area contributed by atoms with Crippen LogP contribution in [0, 0.1) is 0 Å². The van der Waals surface area contributed by atoms with Gasteiger partial charge in [-0.05, 0) is 60.7 Å². The first-order valence-corrected chi connectivity index (χ1v) is 7.01. The van der Waals surface area contributed by atoms with E-state index in [0.29, 0.717) is 11.4 Å². The second-order valence-corrected chi connectivity index (χ2v) is 4.88. The van der Waals surface area contributed by atoms with Gasteiger partial charge in [0.25, 0.3) is 0 Å². The lowest BCUT2D eigenvalue weighted by atomic mass is 10.2. The van der Waals surface area contributed by atoms with E-state index in [9.17, 15) is 9.59 Å². The molecule has 9 heteroatoms. The molecule has 122 valence electrons. The fourth-order valence-electron chi connectivity index (χ4n) is 1.62. The molecule has 0 fully saturated rings. The minimum absolute atomic E-state index is 0.0552. The fraction of sp³-hybridized carbons (Fsp3) is 0. The third kappa shape index (κ3) is 4.85. The maximum atomic E-state index is 10.7. The number of hydrazine groups is 1. The monoisotopic (exact) mass is 344 g/mol. The number of aromatic carboxylic acids is 2. The molecule has 0 radical (unpaired) electrons. The number of carbonyl (C=O) groups is 2. The van der Waals surface area contributed by atoms with Gasteiger partial charge < -0.3 is 10.2 Å². The maximum absolute atomic E-state index is 10.7. The van der Waals surface area contributed by atoms with Gasteiger partial charge in [0.15, 0.2) is 0 Å². The summed E-state index contributed by atoms with van der Waals surface area (Å²) >= 11 is 4.96. The number of thiocarbonyl (C=S) groups is 1. The van der Waals surface area contributed by atoms with E-state index in [0.717, 1.165) is 0 Å². The molecule has 0 saturated carbocycles. The Morgan fingerprint density at radius 2 is 1.38 bits per heavy atom. The van der Waals surface area contributed by atoms with Gasteiger partial charge in [-0.2, -0.15) is 0 Å². The lowest BCUT2D eigenvalue weighted by Crippen LogP contribution is -2.25. The number of nitrogens with zero attached hydrogens (tertiary/aromatic N) is 2. The van der Waals surface area contributed by atoms with Crippen LogP contribution in [0.5, 0.6) is 0 Å². The van der Waals surface area contributed by atoms with Crippen molar-refractivity contribution >= 4 is 40.6 Å². The molecule has 0 aromatic heterocycles. The van der Waals surface area contributed by atoms with Crippen LogP contribution in [0.1, 0.15) is 20.7 Å².